The van der Waals surface area contributed by atoms with Crippen LogP contribution in [-0.4, -0.2) is 37.7 Å². The third-order valence-corrected chi connectivity index (χ3v) is 3.86. The lowest BCUT2D eigenvalue weighted by atomic mass is 10.1. The molecule has 0 aromatic rings. The highest BCUT2D eigenvalue weighted by Crippen LogP contribution is 2.11. The summed E-state index contributed by atoms with van der Waals surface area (Å²) in [6.07, 6.45) is 14.2. The quantitative estimate of drug-likeness (QED) is 0.362. The maximum absolute atomic E-state index is 5.04. The van der Waals surface area contributed by atoms with E-state index in [9.17, 15) is 0 Å². The lowest BCUT2D eigenvalue weighted by Gasteiger charge is -2.28. The summed E-state index contributed by atoms with van der Waals surface area (Å²) in [7, 11) is 1.73. The summed E-state index contributed by atoms with van der Waals surface area (Å²) in [6.45, 7) is 20.4. The summed E-state index contributed by atoms with van der Waals surface area (Å²) in [4.78, 5) is 2.54. The monoisotopic (exact) mass is 355 g/mol. The van der Waals surface area contributed by atoms with E-state index < -0.39 is 0 Å². The Morgan fingerprint density at radius 1 is 1.00 bits per heavy atom. The smallest absolute Gasteiger partial charge is 0.0646 e. The molecule has 0 spiro atoms. The largest absolute Gasteiger partial charge is 0.381 e. The molecule has 1 unspecified atom stereocenters. The molecule has 1 atom stereocenters. The second kappa shape index (κ2) is 25.6. The zero-order chi connectivity index (χ0) is 19.9. The molecule has 0 aromatic carbocycles. The SMILES string of the molecule is C/C=C(\C=C/COC)CN(CC)C(C)CCCC.CCC.CCCC. The molecule has 152 valence electrons. The van der Waals surface area contributed by atoms with Gasteiger partial charge in [-0.2, -0.15) is 0 Å². The van der Waals surface area contributed by atoms with Crippen molar-refractivity contribution in [1.82, 2.24) is 4.90 Å². The van der Waals surface area contributed by atoms with Crippen LogP contribution < -0.4 is 0 Å². The van der Waals surface area contributed by atoms with Gasteiger partial charge in [0, 0.05) is 19.7 Å². The highest BCUT2D eigenvalue weighted by atomic mass is 16.5. The Labute approximate surface area is 160 Å². The maximum atomic E-state index is 5.04. The third kappa shape index (κ3) is 23.4. The van der Waals surface area contributed by atoms with Crippen molar-refractivity contribution in [2.45, 2.75) is 100.0 Å². The van der Waals surface area contributed by atoms with Crippen molar-refractivity contribution < 1.29 is 4.74 Å². The van der Waals surface area contributed by atoms with E-state index in [0.29, 0.717) is 12.6 Å². The fourth-order valence-corrected chi connectivity index (χ4v) is 2.03. The standard InChI is InChI=1S/C16H31NO.C4H10.C3H8/c1-6-9-11-15(4)17(8-3)14-16(7-2)12-10-13-18-5;1-3-4-2;1-3-2/h7,10,12,15H,6,8-9,11,13-14H2,1-5H3;3-4H2,1-2H3;3H2,1-2H3/b12-10-,16-7+;;. The van der Waals surface area contributed by atoms with Crippen molar-refractivity contribution in [3.63, 3.8) is 0 Å². The number of methoxy groups -OCH3 is 1. The molecule has 2 nitrogen and oxygen atoms in total. The first-order chi connectivity index (χ1) is 12.0. The second-order valence-corrected chi connectivity index (χ2v) is 6.48. The molecule has 0 rings (SSSR count). The van der Waals surface area contributed by atoms with Crippen molar-refractivity contribution in [3.8, 4) is 0 Å². The highest BCUT2D eigenvalue weighted by molar-refractivity contribution is 5.19. The summed E-state index contributed by atoms with van der Waals surface area (Å²) in [5.41, 5.74) is 1.37. The van der Waals surface area contributed by atoms with Crippen LogP contribution in [0.4, 0.5) is 0 Å². The fraction of sp³-hybridized carbons (Fsp3) is 0.826. The van der Waals surface area contributed by atoms with Gasteiger partial charge in [0.05, 0.1) is 6.61 Å². The van der Waals surface area contributed by atoms with E-state index in [1.807, 2.05) is 0 Å². The average molecular weight is 356 g/mol. The third-order valence-electron chi connectivity index (χ3n) is 3.86. The number of likely N-dealkylation sites (N-methyl/N-ethyl adjacent to an activating group) is 1. The van der Waals surface area contributed by atoms with Crippen LogP contribution in [0.5, 0.6) is 0 Å². The molecule has 0 saturated heterocycles. The number of ether oxygens (including phenoxy) is 1. The summed E-state index contributed by atoms with van der Waals surface area (Å²) in [5.74, 6) is 0. The van der Waals surface area contributed by atoms with Crippen molar-refractivity contribution in [3.05, 3.63) is 23.8 Å². The van der Waals surface area contributed by atoms with E-state index in [0.717, 1.165) is 13.1 Å². The van der Waals surface area contributed by atoms with Gasteiger partial charge in [0.1, 0.15) is 0 Å². The molecule has 0 aromatic heterocycles. The number of nitrogens with zero attached hydrogens (tertiary/aromatic N) is 1. The van der Waals surface area contributed by atoms with Gasteiger partial charge in [-0.3, -0.25) is 4.90 Å². The normalized spacial score (nSPS) is 12.5. The van der Waals surface area contributed by atoms with Gasteiger partial charge < -0.3 is 4.74 Å². The van der Waals surface area contributed by atoms with Crippen LogP contribution in [0.2, 0.25) is 0 Å². The van der Waals surface area contributed by atoms with E-state index in [4.69, 9.17) is 4.74 Å². The van der Waals surface area contributed by atoms with E-state index in [-0.39, 0.29) is 0 Å². The van der Waals surface area contributed by atoms with Crippen LogP contribution in [-0.2, 0) is 4.74 Å². The second-order valence-electron chi connectivity index (χ2n) is 6.48. The van der Waals surface area contributed by atoms with Gasteiger partial charge in [0.15, 0.2) is 0 Å². The minimum Gasteiger partial charge on any atom is -0.381 e. The zero-order valence-electron chi connectivity index (χ0n) is 19.0. The molecule has 0 aliphatic carbocycles. The van der Waals surface area contributed by atoms with Crippen LogP contribution in [0.3, 0.4) is 0 Å². The van der Waals surface area contributed by atoms with Crippen molar-refractivity contribution >= 4 is 0 Å². The molecule has 0 bridgehead atoms. The number of hydrogen-bond acceptors (Lipinski definition) is 2. The Bertz CT molecular complexity index is 282. The molecule has 0 N–H and O–H groups in total. The first-order valence-electron chi connectivity index (χ1n) is 10.6. The number of allylic oxidation sites excluding steroid dienone is 1. The van der Waals surface area contributed by atoms with Crippen LogP contribution in [0.15, 0.2) is 23.8 Å². The predicted molar refractivity (Wildman–Crippen MR) is 118 cm³/mol. The first-order valence-corrected chi connectivity index (χ1v) is 10.6. The molecule has 0 saturated carbocycles. The number of unbranched alkanes of at least 4 members (excludes halogenated alkanes) is 2. The van der Waals surface area contributed by atoms with Crippen molar-refractivity contribution in [1.29, 1.82) is 0 Å². The van der Waals surface area contributed by atoms with Gasteiger partial charge in [-0.1, -0.05) is 91.9 Å². The van der Waals surface area contributed by atoms with E-state index in [1.165, 1.54) is 44.1 Å². The molecule has 0 fully saturated rings. The molecule has 0 heterocycles. The lowest BCUT2D eigenvalue weighted by Crippen LogP contribution is -2.34. The van der Waals surface area contributed by atoms with Gasteiger partial charge in [0.2, 0.25) is 0 Å². The molecule has 2 heteroatoms. The predicted octanol–water partition coefficient (Wildman–Crippen LogP) is 7.26. The molecular formula is C23H49NO. The van der Waals surface area contributed by atoms with E-state index in [1.54, 1.807) is 7.11 Å². The van der Waals surface area contributed by atoms with Crippen molar-refractivity contribution in [2.75, 3.05) is 26.8 Å². The Morgan fingerprint density at radius 2 is 1.56 bits per heavy atom. The first kappa shape index (κ1) is 29.2. The van der Waals surface area contributed by atoms with E-state index in [2.05, 4.69) is 78.5 Å². The fourth-order valence-electron chi connectivity index (χ4n) is 2.03. The minimum absolute atomic E-state index is 0.667. The Morgan fingerprint density at radius 3 is 1.92 bits per heavy atom. The van der Waals surface area contributed by atoms with Gasteiger partial charge in [-0.05, 0) is 32.4 Å². The summed E-state index contributed by atoms with van der Waals surface area (Å²) in [6, 6.07) is 0.667. The number of hydrogen-bond donors (Lipinski definition) is 0. The van der Waals surface area contributed by atoms with Gasteiger partial charge >= 0.3 is 0 Å². The van der Waals surface area contributed by atoms with Crippen LogP contribution in [0, 0.1) is 0 Å². The average Bonchev–Trinajstić information content (AvgIpc) is 2.63. The zero-order valence-corrected chi connectivity index (χ0v) is 19.0. The molecular weight excluding hydrogens is 306 g/mol. The van der Waals surface area contributed by atoms with Gasteiger partial charge in [0.25, 0.3) is 0 Å². The summed E-state index contributed by atoms with van der Waals surface area (Å²) < 4.78 is 5.04. The molecule has 0 aliphatic rings. The van der Waals surface area contributed by atoms with Crippen LogP contribution in [0.1, 0.15) is 93.9 Å². The Kier molecular flexibility index (Phi) is 29.9. The molecule has 0 amide bonds. The van der Waals surface area contributed by atoms with Crippen LogP contribution >= 0.6 is 0 Å². The van der Waals surface area contributed by atoms with Crippen molar-refractivity contribution in [2.24, 2.45) is 0 Å². The maximum Gasteiger partial charge on any atom is 0.0646 e. The van der Waals surface area contributed by atoms with Gasteiger partial charge in [-0.25, -0.2) is 0 Å². The number of rotatable bonds is 11. The lowest BCUT2D eigenvalue weighted by molar-refractivity contribution is 0.225. The van der Waals surface area contributed by atoms with Gasteiger partial charge in [-0.15, -0.1) is 0 Å². The highest BCUT2D eigenvalue weighted by Gasteiger charge is 2.11. The Balaban J connectivity index is -0.000000586. The Hall–Kier alpha value is -0.600. The van der Waals surface area contributed by atoms with Crippen LogP contribution in [0.25, 0.3) is 0 Å². The minimum atomic E-state index is 0.667. The van der Waals surface area contributed by atoms with E-state index >= 15 is 0 Å². The molecule has 0 radical (unpaired) electrons. The summed E-state index contributed by atoms with van der Waals surface area (Å²) >= 11 is 0. The molecule has 0 aliphatic heterocycles. The summed E-state index contributed by atoms with van der Waals surface area (Å²) in [5, 5.41) is 0. The topological polar surface area (TPSA) is 12.5 Å². The molecule has 25 heavy (non-hydrogen) atoms.